The van der Waals surface area contributed by atoms with E-state index < -0.39 is 0 Å². The van der Waals surface area contributed by atoms with Crippen LogP contribution < -0.4 is 0 Å². The van der Waals surface area contributed by atoms with E-state index in [1.54, 1.807) is 0 Å². The van der Waals surface area contributed by atoms with Crippen LogP contribution in [-0.2, 0) is 19.3 Å². The Hall–Kier alpha value is -1.56. The fourth-order valence-corrected chi connectivity index (χ4v) is 2.65. The van der Waals surface area contributed by atoms with Crippen LogP contribution in [0.5, 0.6) is 0 Å². The first-order valence-electron chi connectivity index (χ1n) is 7.48. The number of rotatable bonds is 6. The zero-order valence-corrected chi connectivity index (χ0v) is 12.2. The molecule has 0 saturated heterocycles. The molecular formula is C19H24. The van der Waals surface area contributed by atoms with Crippen molar-refractivity contribution in [2.75, 3.05) is 0 Å². The van der Waals surface area contributed by atoms with Gasteiger partial charge < -0.3 is 0 Å². The predicted molar refractivity (Wildman–Crippen MR) is 83.7 cm³/mol. The van der Waals surface area contributed by atoms with Gasteiger partial charge in [-0.15, -0.1) is 0 Å². The van der Waals surface area contributed by atoms with Gasteiger partial charge in [0.2, 0.25) is 0 Å². The lowest BCUT2D eigenvalue weighted by molar-refractivity contribution is 0.900. The molecule has 0 aliphatic rings. The van der Waals surface area contributed by atoms with Crippen molar-refractivity contribution in [3.63, 3.8) is 0 Å². The van der Waals surface area contributed by atoms with Crippen LogP contribution in [0, 0.1) is 0 Å². The molecule has 0 aromatic heterocycles. The Morgan fingerprint density at radius 1 is 0.684 bits per heavy atom. The number of aryl methyl sites for hydroxylation is 2. The van der Waals surface area contributed by atoms with Crippen LogP contribution in [-0.4, -0.2) is 0 Å². The Labute approximate surface area is 117 Å². The molecule has 100 valence electrons. The molecule has 0 aliphatic carbocycles. The van der Waals surface area contributed by atoms with Crippen LogP contribution in [0.1, 0.15) is 48.9 Å². The maximum atomic E-state index is 2.37. The first-order chi connectivity index (χ1) is 9.33. The van der Waals surface area contributed by atoms with Crippen molar-refractivity contribution < 1.29 is 0 Å². The highest BCUT2D eigenvalue weighted by Crippen LogP contribution is 2.17. The van der Waals surface area contributed by atoms with Crippen molar-refractivity contribution in [2.45, 2.75) is 46.0 Å². The van der Waals surface area contributed by atoms with Gasteiger partial charge >= 0.3 is 0 Å². The molecule has 0 bridgehead atoms. The maximum absolute atomic E-state index is 2.37. The fourth-order valence-electron chi connectivity index (χ4n) is 2.65. The normalized spacial score (nSPS) is 10.6. The van der Waals surface area contributed by atoms with Gasteiger partial charge in [-0.25, -0.2) is 0 Å². The van der Waals surface area contributed by atoms with Gasteiger partial charge in [0.15, 0.2) is 0 Å². The van der Waals surface area contributed by atoms with Gasteiger partial charge in [-0.3, -0.25) is 0 Å². The van der Waals surface area contributed by atoms with E-state index >= 15 is 0 Å². The molecule has 0 atom stereocenters. The van der Waals surface area contributed by atoms with E-state index in [2.05, 4.69) is 62.4 Å². The Morgan fingerprint density at radius 3 is 2.11 bits per heavy atom. The third-order valence-electron chi connectivity index (χ3n) is 3.56. The molecule has 2 aromatic rings. The SMILES string of the molecule is CCCc1cccc(Cc2ccccc2CCC)c1. The summed E-state index contributed by atoms with van der Waals surface area (Å²) in [5, 5.41) is 0. The molecule has 0 spiro atoms. The van der Waals surface area contributed by atoms with Gasteiger partial charge in [-0.2, -0.15) is 0 Å². The average Bonchev–Trinajstić information content (AvgIpc) is 2.42. The molecule has 2 aromatic carbocycles. The zero-order valence-electron chi connectivity index (χ0n) is 12.2. The van der Waals surface area contributed by atoms with Crippen LogP contribution in [0.15, 0.2) is 48.5 Å². The monoisotopic (exact) mass is 252 g/mol. The summed E-state index contributed by atoms with van der Waals surface area (Å²) in [5.41, 5.74) is 5.89. The highest BCUT2D eigenvalue weighted by Gasteiger charge is 2.03. The third-order valence-corrected chi connectivity index (χ3v) is 3.56. The van der Waals surface area contributed by atoms with E-state index in [0.29, 0.717) is 0 Å². The smallest absolute Gasteiger partial charge is 0.00229 e. The summed E-state index contributed by atoms with van der Waals surface area (Å²) in [4.78, 5) is 0. The highest BCUT2D eigenvalue weighted by molar-refractivity contribution is 5.34. The molecular weight excluding hydrogens is 228 g/mol. The van der Waals surface area contributed by atoms with Gasteiger partial charge in [0.05, 0.1) is 0 Å². The molecule has 0 amide bonds. The van der Waals surface area contributed by atoms with Crippen molar-refractivity contribution in [1.82, 2.24) is 0 Å². The molecule has 0 heterocycles. The van der Waals surface area contributed by atoms with Crippen LogP contribution in [0.2, 0.25) is 0 Å². The first-order valence-corrected chi connectivity index (χ1v) is 7.48. The van der Waals surface area contributed by atoms with Crippen molar-refractivity contribution in [3.05, 3.63) is 70.8 Å². The quantitative estimate of drug-likeness (QED) is 0.664. The van der Waals surface area contributed by atoms with Crippen molar-refractivity contribution in [1.29, 1.82) is 0 Å². The Morgan fingerprint density at radius 2 is 1.37 bits per heavy atom. The molecule has 0 heteroatoms. The highest BCUT2D eigenvalue weighted by atomic mass is 14.1. The molecule has 2 rings (SSSR count). The van der Waals surface area contributed by atoms with E-state index in [4.69, 9.17) is 0 Å². The molecule has 19 heavy (non-hydrogen) atoms. The summed E-state index contributed by atoms with van der Waals surface area (Å²) >= 11 is 0. The summed E-state index contributed by atoms with van der Waals surface area (Å²) < 4.78 is 0. The minimum absolute atomic E-state index is 1.06. The van der Waals surface area contributed by atoms with Crippen LogP contribution in [0.25, 0.3) is 0 Å². The van der Waals surface area contributed by atoms with Crippen molar-refractivity contribution >= 4 is 0 Å². The second kappa shape index (κ2) is 7.13. The summed E-state index contributed by atoms with van der Waals surface area (Å²) in [6, 6.07) is 17.9. The van der Waals surface area contributed by atoms with E-state index in [-0.39, 0.29) is 0 Å². The summed E-state index contributed by atoms with van der Waals surface area (Å²) in [6.45, 7) is 4.49. The lowest BCUT2D eigenvalue weighted by atomic mass is 9.96. The van der Waals surface area contributed by atoms with Crippen molar-refractivity contribution in [3.8, 4) is 0 Å². The maximum Gasteiger partial charge on any atom is -0.00229 e. The van der Waals surface area contributed by atoms with Crippen LogP contribution >= 0.6 is 0 Å². The molecule has 0 radical (unpaired) electrons. The first kappa shape index (κ1) is 13.9. The molecule has 0 saturated carbocycles. The van der Waals surface area contributed by atoms with E-state index in [9.17, 15) is 0 Å². The van der Waals surface area contributed by atoms with Crippen LogP contribution in [0.3, 0.4) is 0 Å². The van der Waals surface area contributed by atoms with Gasteiger partial charge in [0.1, 0.15) is 0 Å². The summed E-state index contributed by atoms with van der Waals surface area (Å²) in [6.07, 6.45) is 5.87. The largest absolute Gasteiger partial charge is 0.0651 e. The predicted octanol–water partition coefficient (Wildman–Crippen LogP) is 5.18. The van der Waals surface area contributed by atoms with E-state index in [1.807, 2.05) is 0 Å². The van der Waals surface area contributed by atoms with Gasteiger partial charge in [-0.05, 0) is 41.5 Å². The minimum atomic E-state index is 1.06. The van der Waals surface area contributed by atoms with E-state index in [0.717, 1.165) is 6.42 Å². The molecule has 0 nitrogen and oxygen atoms in total. The minimum Gasteiger partial charge on any atom is -0.0651 e. The standard InChI is InChI=1S/C19H24/c1-3-8-16-10-7-11-17(14-16)15-19-13-6-5-12-18(19)9-4-2/h5-7,10-14H,3-4,8-9,15H2,1-2H3. The number of hydrogen-bond acceptors (Lipinski definition) is 0. The summed E-state index contributed by atoms with van der Waals surface area (Å²) in [5.74, 6) is 0. The molecule has 0 N–H and O–H groups in total. The Kier molecular flexibility index (Phi) is 5.20. The molecule has 0 aliphatic heterocycles. The average molecular weight is 252 g/mol. The van der Waals surface area contributed by atoms with Crippen molar-refractivity contribution in [2.24, 2.45) is 0 Å². The molecule has 0 unspecified atom stereocenters. The van der Waals surface area contributed by atoms with Crippen LogP contribution in [0.4, 0.5) is 0 Å². The second-order valence-electron chi connectivity index (χ2n) is 5.27. The van der Waals surface area contributed by atoms with Gasteiger partial charge in [-0.1, -0.05) is 75.2 Å². The van der Waals surface area contributed by atoms with Gasteiger partial charge in [0, 0.05) is 0 Å². The lowest BCUT2D eigenvalue weighted by Crippen LogP contribution is -1.96. The fraction of sp³-hybridized carbons (Fsp3) is 0.368. The van der Waals surface area contributed by atoms with Gasteiger partial charge in [0.25, 0.3) is 0 Å². The second-order valence-corrected chi connectivity index (χ2v) is 5.27. The summed E-state index contributed by atoms with van der Waals surface area (Å²) in [7, 11) is 0. The Balaban J connectivity index is 2.18. The molecule has 0 fully saturated rings. The third kappa shape index (κ3) is 3.96. The Bertz CT molecular complexity index is 511. The lowest BCUT2D eigenvalue weighted by Gasteiger charge is -2.10. The zero-order chi connectivity index (χ0) is 13.5. The number of benzene rings is 2. The number of hydrogen-bond donors (Lipinski definition) is 0. The topological polar surface area (TPSA) is 0 Å². The van der Waals surface area contributed by atoms with E-state index in [1.165, 1.54) is 47.9 Å².